The van der Waals surface area contributed by atoms with Gasteiger partial charge in [-0.15, -0.1) is 0 Å². The molecule has 5 nitrogen and oxygen atoms in total. The number of hydrogen-bond donors (Lipinski definition) is 2. The highest BCUT2D eigenvalue weighted by atomic mass is 15.2. The molecule has 2 rings (SSSR count). The summed E-state index contributed by atoms with van der Waals surface area (Å²) in [5.74, 6) is 1.71. The molecule has 90 valence electrons. The molecule has 0 unspecified atom stereocenters. The molecule has 17 heavy (non-hydrogen) atoms. The molecular weight excluding hydrogens is 214 g/mol. The van der Waals surface area contributed by atoms with Crippen molar-refractivity contribution < 1.29 is 0 Å². The first-order valence-corrected chi connectivity index (χ1v) is 5.65. The van der Waals surface area contributed by atoms with Crippen molar-refractivity contribution in [1.29, 1.82) is 0 Å². The molecule has 0 radical (unpaired) electrons. The molecule has 0 fully saturated rings. The Kier molecular flexibility index (Phi) is 3.72. The van der Waals surface area contributed by atoms with Gasteiger partial charge in [-0.2, -0.15) is 0 Å². The van der Waals surface area contributed by atoms with Crippen LogP contribution < -0.4 is 10.6 Å². The smallest absolute Gasteiger partial charge is 0.132 e. The van der Waals surface area contributed by atoms with Gasteiger partial charge in [-0.1, -0.05) is 0 Å². The van der Waals surface area contributed by atoms with Crippen LogP contribution in [-0.2, 0) is 13.0 Å². The second-order valence-electron chi connectivity index (χ2n) is 3.92. The van der Waals surface area contributed by atoms with Gasteiger partial charge in [-0.05, 0) is 24.7 Å². The molecular formula is C12H17N5. The summed E-state index contributed by atoms with van der Waals surface area (Å²) in [7, 11) is 2.01. The average Bonchev–Trinajstić information content (AvgIpc) is 2.83. The van der Waals surface area contributed by atoms with E-state index in [9.17, 15) is 0 Å². The number of rotatable bonds is 5. The van der Waals surface area contributed by atoms with Gasteiger partial charge in [0.25, 0.3) is 0 Å². The molecule has 0 saturated heterocycles. The van der Waals surface area contributed by atoms with Crippen molar-refractivity contribution in [3.05, 3.63) is 42.1 Å². The SMILES string of the molecule is CN(Cc1ccc[nH]1)c1ccnc(CCN)n1. The Balaban J connectivity index is 2.07. The number of nitrogens with two attached hydrogens (primary N) is 1. The van der Waals surface area contributed by atoms with Gasteiger partial charge in [0.05, 0.1) is 6.54 Å². The minimum absolute atomic E-state index is 0.573. The maximum atomic E-state index is 5.50. The van der Waals surface area contributed by atoms with E-state index in [1.165, 1.54) is 0 Å². The second kappa shape index (κ2) is 5.45. The van der Waals surface area contributed by atoms with E-state index in [0.717, 1.165) is 23.9 Å². The van der Waals surface area contributed by atoms with Crippen molar-refractivity contribution in [1.82, 2.24) is 15.0 Å². The summed E-state index contributed by atoms with van der Waals surface area (Å²) in [6.07, 6.45) is 4.41. The highest BCUT2D eigenvalue weighted by Crippen LogP contribution is 2.11. The van der Waals surface area contributed by atoms with E-state index in [1.54, 1.807) is 6.20 Å². The molecule has 5 heteroatoms. The zero-order valence-corrected chi connectivity index (χ0v) is 9.93. The second-order valence-corrected chi connectivity index (χ2v) is 3.92. The quantitative estimate of drug-likeness (QED) is 0.803. The maximum absolute atomic E-state index is 5.50. The zero-order valence-electron chi connectivity index (χ0n) is 9.93. The number of nitrogens with one attached hydrogen (secondary N) is 1. The van der Waals surface area contributed by atoms with Crippen LogP contribution in [-0.4, -0.2) is 28.5 Å². The summed E-state index contributed by atoms with van der Waals surface area (Å²) < 4.78 is 0. The van der Waals surface area contributed by atoms with Gasteiger partial charge in [0.15, 0.2) is 0 Å². The maximum Gasteiger partial charge on any atom is 0.132 e. The summed E-state index contributed by atoms with van der Waals surface area (Å²) in [4.78, 5) is 13.9. The third-order valence-electron chi connectivity index (χ3n) is 2.52. The summed E-state index contributed by atoms with van der Waals surface area (Å²) in [5, 5.41) is 0. The number of anilines is 1. The summed E-state index contributed by atoms with van der Waals surface area (Å²) in [6, 6.07) is 5.95. The molecule has 0 aromatic carbocycles. The van der Waals surface area contributed by atoms with Gasteiger partial charge in [0, 0.05) is 31.6 Å². The van der Waals surface area contributed by atoms with Crippen LogP contribution in [0.25, 0.3) is 0 Å². The van der Waals surface area contributed by atoms with Crippen LogP contribution in [0.2, 0.25) is 0 Å². The van der Waals surface area contributed by atoms with Crippen LogP contribution in [0.1, 0.15) is 11.5 Å². The van der Waals surface area contributed by atoms with Gasteiger partial charge in [0.1, 0.15) is 11.6 Å². The van der Waals surface area contributed by atoms with Crippen LogP contribution in [0.4, 0.5) is 5.82 Å². The molecule has 0 atom stereocenters. The van der Waals surface area contributed by atoms with Crippen LogP contribution in [0.5, 0.6) is 0 Å². The summed E-state index contributed by atoms with van der Waals surface area (Å²) in [6.45, 7) is 1.37. The first-order chi connectivity index (χ1) is 8.29. The van der Waals surface area contributed by atoms with Crippen molar-refractivity contribution >= 4 is 5.82 Å². The molecule has 0 aliphatic rings. The molecule has 0 spiro atoms. The summed E-state index contributed by atoms with van der Waals surface area (Å²) in [5.41, 5.74) is 6.66. The first-order valence-electron chi connectivity index (χ1n) is 5.65. The minimum atomic E-state index is 0.573. The standard InChI is InChI=1S/C12H17N5/c1-17(9-10-3-2-7-14-10)12-5-8-15-11(16-12)4-6-13/h2-3,5,7-8,14H,4,6,9,13H2,1H3. The van der Waals surface area contributed by atoms with E-state index < -0.39 is 0 Å². The van der Waals surface area contributed by atoms with Crippen molar-refractivity contribution in [2.75, 3.05) is 18.5 Å². The van der Waals surface area contributed by atoms with Gasteiger partial charge in [0.2, 0.25) is 0 Å². The Hall–Kier alpha value is -1.88. The minimum Gasteiger partial charge on any atom is -0.364 e. The van der Waals surface area contributed by atoms with Gasteiger partial charge < -0.3 is 15.6 Å². The van der Waals surface area contributed by atoms with Crippen LogP contribution in [0, 0.1) is 0 Å². The van der Waals surface area contributed by atoms with E-state index >= 15 is 0 Å². The third-order valence-corrected chi connectivity index (χ3v) is 2.52. The Morgan fingerprint density at radius 2 is 2.29 bits per heavy atom. The topological polar surface area (TPSA) is 70.8 Å². The van der Waals surface area contributed by atoms with E-state index in [0.29, 0.717) is 13.0 Å². The zero-order chi connectivity index (χ0) is 12.1. The van der Waals surface area contributed by atoms with Crippen molar-refractivity contribution in [3.63, 3.8) is 0 Å². The van der Waals surface area contributed by atoms with Gasteiger partial charge in [-0.3, -0.25) is 0 Å². The number of nitrogens with zero attached hydrogens (tertiary/aromatic N) is 3. The summed E-state index contributed by atoms with van der Waals surface area (Å²) >= 11 is 0. The fourth-order valence-corrected chi connectivity index (χ4v) is 1.65. The van der Waals surface area contributed by atoms with Gasteiger partial charge >= 0.3 is 0 Å². The lowest BCUT2D eigenvalue weighted by atomic mass is 10.3. The monoisotopic (exact) mass is 231 g/mol. The normalized spacial score (nSPS) is 10.5. The third kappa shape index (κ3) is 3.04. The Bertz CT molecular complexity index is 452. The van der Waals surface area contributed by atoms with E-state index in [1.807, 2.05) is 25.4 Å². The Labute approximate surface area is 101 Å². The van der Waals surface area contributed by atoms with Crippen molar-refractivity contribution in [2.45, 2.75) is 13.0 Å². The molecule has 0 amide bonds. The molecule has 0 aliphatic carbocycles. The predicted octanol–water partition coefficient (Wildman–Crippen LogP) is 0.942. The van der Waals surface area contributed by atoms with Crippen LogP contribution in [0.15, 0.2) is 30.6 Å². The molecule has 2 aromatic rings. The number of H-pyrrole nitrogens is 1. The largest absolute Gasteiger partial charge is 0.364 e. The lowest BCUT2D eigenvalue weighted by Crippen LogP contribution is -2.19. The van der Waals surface area contributed by atoms with Gasteiger partial charge in [-0.25, -0.2) is 9.97 Å². The first kappa shape index (κ1) is 11.6. The molecule has 2 aromatic heterocycles. The van der Waals surface area contributed by atoms with Crippen LogP contribution >= 0.6 is 0 Å². The Morgan fingerprint density at radius 3 is 3.00 bits per heavy atom. The lowest BCUT2D eigenvalue weighted by molar-refractivity contribution is 0.824. The lowest BCUT2D eigenvalue weighted by Gasteiger charge is -2.17. The fourth-order valence-electron chi connectivity index (χ4n) is 1.65. The number of aromatic nitrogens is 3. The van der Waals surface area contributed by atoms with Crippen LogP contribution in [0.3, 0.4) is 0 Å². The molecule has 0 bridgehead atoms. The van der Waals surface area contributed by atoms with Crippen molar-refractivity contribution in [3.8, 4) is 0 Å². The highest BCUT2D eigenvalue weighted by Gasteiger charge is 2.05. The predicted molar refractivity (Wildman–Crippen MR) is 67.7 cm³/mol. The fraction of sp³-hybridized carbons (Fsp3) is 0.333. The Morgan fingerprint density at radius 1 is 1.41 bits per heavy atom. The number of aromatic amines is 1. The van der Waals surface area contributed by atoms with E-state index in [-0.39, 0.29) is 0 Å². The van der Waals surface area contributed by atoms with Crippen molar-refractivity contribution in [2.24, 2.45) is 5.73 Å². The molecule has 0 aliphatic heterocycles. The van der Waals surface area contributed by atoms with E-state index in [4.69, 9.17) is 5.73 Å². The van der Waals surface area contributed by atoms with E-state index in [2.05, 4.69) is 25.9 Å². The molecule has 3 N–H and O–H groups in total. The number of hydrogen-bond acceptors (Lipinski definition) is 4. The average molecular weight is 231 g/mol. The molecule has 0 saturated carbocycles. The highest BCUT2D eigenvalue weighted by molar-refractivity contribution is 5.36. The molecule has 2 heterocycles.